The zero-order chi connectivity index (χ0) is 17.4. The number of nitrogens with one attached hydrogen (secondary N) is 1. The number of rotatable bonds is 7. The number of anilines is 1. The Morgan fingerprint density at radius 2 is 1.88 bits per heavy atom. The highest BCUT2D eigenvalue weighted by molar-refractivity contribution is 6.02. The van der Waals surface area contributed by atoms with Gasteiger partial charge >= 0.3 is 0 Å². The topological polar surface area (TPSA) is 47.6 Å². The van der Waals surface area contributed by atoms with E-state index in [9.17, 15) is 4.79 Å². The molecule has 2 rings (SSSR count). The minimum atomic E-state index is -0.217. The summed E-state index contributed by atoms with van der Waals surface area (Å²) in [6, 6.07) is 13.4. The molecule has 0 aromatic heterocycles. The molecular formula is C20H23NO3. The fourth-order valence-electron chi connectivity index (χ4n) is 2.26. The minimum Gasteiger partial charge on any atom is -0.494 e. The van der Waals surface area contributed by atoms with Crippen LogP contribution in [0.15, 0.2) is 48.5 Å². The Kier molecular flexibility index (Phi) is 6.43. The number of hydrogen-bond acceptors (Lipinski definition) is 3. The molecule has 0 heterocycles. The molecule has 0 spiro atoms. The van der Waals surface area contributed by atoms with E-state index in [1.54, 1.807) is 18.2 Å². The first kappa shape index (κ1) is 17.6. The van der Waals surface area contributed by atoms with Gasteiger partial charge in [-0.15, -0.1) is 0 Å². The lowest BCUT2D eigenvalue weighted by Gasteiger charge is -2.12. The predicted octanol–water partition coefficient (Wildman–Crippen LogP) is 4.44. The molecule has 0 fully saturated rings. The molecule has 0 saturated carbocycles. The maximum atomic E-state index is 12.2. The summed E-state index contributed by atoms with van der Waals surface area (Å²) < 4.78 is 11.0. The van der Waals surface area contributed by atoms with Gasteiger partial charge in [-0.3, -0.25) is 4.79 Å². The molecule has 0 aliphatic carbocycles. The number of ether oxygens (including phenoxy) is 2. The van der Waals surface area contributed by atoms with Crippen LogP contribution in [-0.4, -0.2) is 19.1 Å². The second-order valence-electron chi connectivity index (χ2n) is 5.26. The van der Waals surface area contributed by atoms with E-state index >= 15 is 0 Å². The predicted molar refractivity (Wildman–Crippen MR) is 97.6 cm³/mol. The summed E-state index contributed by atoms with van der Waals surface area (Å²) in [6.45, 7) is 6.93. The van der Waals surface area contributed by atoms with Crippen molar-refractivity contribution in [3.8, 4) is 11.5 Å². The van der Waals surface area contributed by atoms with Gasteiger partial charge in [0.15, 0.2) is 0 Å². The molecule has 0 bridgehead atoms. The fourth-order valence-corrected chi connectivity index (χ4v) is 2.26. The average molecular weight is 325 g/mol. The molecule has 1 amide bonds. The van der Waals surface area contributed by atoms with Crippen LogP contribution in [0.5, 0.6) is 11.5 Å². The van der Waals surface area contributed by atoms with E-state index in [-0.39, 0.29) is 5.91 Å². The lowest BCUT2D eigenvalue weighted by Crippen LogP contribution is -2.10. The quantitative estimate of drug-likeness (QED) is 0.765. The third-order valence-corrected chi connectivity index (χ3v) is 3.29. The molecule has 126 valence electrons. The molecule has 2 aromatic carbocycles. The van der Waals surface area contributed by atoms with Gasteiger partial charge in [0.2, 0.25) is 5.91 Å². The Labute approximate surface area is 143 Å². The van der Waals surface area contributed by atoms with Crippen molar-refractivity contribution in [2.75, 3.05) is 18.5 Å². The Hall–Kier alpha value is -2.75. The molecule has 0 aliphatic heterocycles. The van der Waals surface area contributed by atoms with Gasteiger partial charge < -0.3 is 14.8 Å². The zero-order valence-corrected chi connectivity index (χ0v) is 14.3. The molecule has 0 saturated heterocycles. The first-order valence-electron chi connectivity index (χ1n) is 8.07. The summed E-state index contributed by atoms with van der Waals surface area (Å²) in [4.78, 5) is 12.2. The normalized spacial score (nSPS) is 10.6. The van der Waals surface area contributed by atoms with Gasteiger partial charge in [0.05, 0.1) is 18.9 Å². The molecule has 24 heavy (non-hydrogen) atoms. The van der Waals surface area contributed by atoms with Crippen molar-refractivity contribution in [3.05, 3.63) is 59.7 Å². The Morgan fingerprint density at radius 1 is 1.08 bits per heavy atom. The first-order chi connectivity index (χ1) is 11.6. The van der Waals surface area contributed by atoms with E-state index in [1.807, 2.05) is 51.1 Å². The van der Waals surface area contributed by atoms with Crippen molar-refractivity contribution < 1.29 is 14.3 Å². The van der Waals surface area contributed by atoms with Crippen LogP contribution in [0.1, 0.15) is 25.0 Å². The highest BCUT2D eigenvalue weighted by atomic mass is 16.5. The summed E-state index contributed by atoms with van der Waals surface area (Å²) >= 11 is 0. The smallest absolute Gasteiger partial charge is 0.248 e. The maximum Gasteiger partial charge on any atom is 0.248 e. The second-order valence-corrected chi connectivity index (χ2v) is 5.26. The van der Waals surface area contributed by atoms with Crippen molar-refractivity contribution in [1.82, 2.24) is 0 Å². The largest absolute Gasteiger partial charge is 0.494 e. The van der Waals surface area contributed by atoms with Crippen molar-refractivity contribution in [1.29, 1.82) is 0 Å². The average Bonchev–Trinajstić information content (AvgIpc) is 2.56. The van der Waals surface area contributed by atoms with Crippen LogP contribution in [-0.2, 0) is 4.79 Å². The summed E-state index contributed by atoms with van der Waals surface area (Å²) in [5.41, 5.74) is 2.74. The number of aryl methyl sites for hydroxylation is 1. The molecule has 1 N–H and O–H groups in total. The molecular weight excluding hydrogens is 302 g/mol. The highest BCUT2D eigenvalue weighted by Gasteiger charge is 2.08. The van der Waals surface area contributed by atoms with Crippen LogP contribution in [0.4, 0.5) is 5.69 Å². The number of benzene rings is 2. The van der Waals surface area contributed by atoms with Gasteiger partial charge in [0, 0.05) is 12.1 Å². The second kappa shape index (κ2) is 8.77. The SMILES string of the molecule is CCOc1ccc(OCC)c(NC(=O)/C=C/c2cccc(C)c2)c1. The number of carbonyl (C=O) groups excluding carboxylic acids is 1. The Morgan fingerprint density at radius 3 is 2.58 bits per heavy atom. The summed E-state index contributed by atoms with van der Waals surface area (Å²) in [5.74, 6) is 1.10. The van der Waals surface area contributed by atoms with Gasteiger partial charge in [-0.05, 0) is 44.5 Å². The van der Waals surface area contributed by atoms with E-state index in [0.717, 1.165) is 11.1 Å². The first-order valence-corrected chi connectivity index (χ1v) is 8.07. The standard InChI is InChI=1S/C20H23NO3/c1-4-23-17-10-11-19(24-5-2)18(14-17)21-20(22)12-9-16-8-6-7-15(3)13-16/h6-14H,4-5H2,1-3H3,(H,21,22)/b12-9+. The molecule has 0 unspecified atom stereocenters. The Bertz CT molecular complexity index is 723. The fraction of sp³-hybridized carbons (Fsp3) is 0.250. The van der Waals surface area contributed by atoms with Crippen LogP contribution in [0.3, 0.4) is 0 Å². The molecule has 2 aromatic rings. The summed E-state index contributed by atoms with van der Waals surface area (Å²) in [6.07, 6.45) is 3.30. The van der Waals surface area contributed by atoms with Crippen LogP contribution < -0.4 is 14.8 Å². The summed E-state index contributed by atoms with van der Waals surface area (Å²) in [5, 5.41) is 2.85. The van der Waals surface area contributed by atoms with E-state index < -0.39 is 0 Å². The molecule has 0 radical (unpaired) electrons. The summed E-state index contributed by atoms with van der Waals surface area (Å²) in [7, 11) is 0. The number of amides is 1. The lowest BCUT2D eigenvalue weighted by atomic mass is 10.1. The minimum absolute atomic E-state index is 0.217. The third kappa shape index (κ3) is 5.16. The highest BCUT2D eigenvalue weighted by Crippen LogP contribution is 2.29. The van der Waals surface area contributed by atoms with Crippen molar-refractivity contribution >= 4 is 17.7 Å². The van der Waals surface area contributed by atoms with Crippen molar-refractivity contribution in [2.24, 2.45) is 0 Å². The van der Waals surface area contributed by atoms with E-state index in [2.05, 4.69) is 5.32 Å². The monoisotopic (exact) mass is 325 g/mol. The Balaban J connectivity index is 2.13. The van der Waals surface area contributed by atoms with Gasteiger partial charge in [-0.1, -0.05) is 29.8 Å². The molecule has 0 aliphatic rings. The van der Waals surface area contributed by atoms with Crippen LogP contribution >= 0.6 is 0 Å². The maximum absolute atomic E-state index is 12.2. The van der Waals surface area contributed by atoms with E-state index in [4.69, 9.17) is 9.47 Å². The number of carbonyl (C=O) groups is 1. The van der Waals surface area contributed by atoms with Gasteiger partial charge in [-0.2, -0.15) is 0 Å². The third-order valence-electron chi connectivity index (χ3n) is 3.29. The van der Waals surface area contributed by atoms with Gasteiger partial charge in [0.1, 0.15) is 11.5 Å². The van der Waals surface area contributed by atoms with E-state index in [1.165, 1.54) is 6.08 Å². The van der Waals surface area contributed by atoms with E-state index in [0.29, 0.717) is 30.4 Å². The van der Waals surface area contributed by atoms with Crippen LogP contribution in [0.2, 0.25) is 0 Å². The van der Waals surface area contributed by atoms with Gasteiger partial charge in [0.25, 0.3) is 0 Å². The number of hydrogen-bond donors (Lipinski definition) is 1. The van der Waals surface area contributed by atoms with Crippen LogP contribution in [0.25, 0.3) is 6.08 Å². The van der Waals surface area contributed by atoms with Crippen molar-refractivity contribution in [3.63, 3.8) is 0 Å². The molecule has 0 atom stereocenters. The molecule has 4 nitrogen and oxygen atoms in total. The van der Waals surface area contributed by atoms with Crippen LogP contribution in [0, 0.1) is 6.92 Å². The van der Waals surface area contributed by atoms with Crippen molar-refractivity contribution in [2.45, 2.75) is 20.8 Å². The van der Waals surface area contributed by atoms with Gasteiger partial charge in [-0.25, -0.2) is 0 Å². The lowest BCUT2D eigenvalue weighted by molar-refractivity contribution is -0.111. The zero-order valence-electron chi connectivity index (χ0n) is 14.3. The molecule has 4 heteroatoms.